The number of benzene rings is 1. The van der Waals surface area contributed by atoms with Crippen molar-refractivity contribution < 1.29 is 23.9 Å². The lowest BCUT2D eigenvalue weighted by Crippen LogP contribution is -2.46. The standard InChI is InChI=1S/C19H26N2O5/c1-14(2)12-20-19(24)21-16(11-15-7-5-4-6-8-15)13-26-18(23)10-9-17(22)25-3/h4-10,14,16H,11-13H2,1-3H3,(H2,20,21,24)/b10-9+/t16-/m1/s1. The first-order chi connectivity index (χ1) is 12.4. The molecule has 0 saturated heterocycles. The monoisotopic (exact) mass is 362 g/mol. The van der Waals surface area contributed by atoms with E-state index in [4.69, 9.17) is 4.74 Å². The molecule has 0 aliphatic rings. The van der Waals surface area contributed by atoms with Crippen molar-refractivity contribution in [2.45, 2.75) is 26.3 Å². The first kappa shape index (κ1) is 21.2. The van der Waals surface area contributed by atoms with E-state index in [1.807, 2.05) is 44.2 Å². The minimum atomic E-state index is -0.683. The zero-order valence-corrected chi connectivity index (χ0v) is 15.4. The molecule has 1 atom stereocenters. The summed E-state index contributed by atoms with van der Waals surface area (Å²) in [5, 5.41) is 5.58. The Labute approximate surface area is 153 Å². The van der Waals surface area contributed by atoms with Gasteiger partial charge in [-0.2, -0.15) is 0 Å². The first-order valence-electron chi connectivity index (χ1n) is 8.41. The van der Waals surface area contributed by atoms with Crippen molar-refractivity contribution in [1.82, 2.24) is 10.6 Å². The maximum absolute atomic E-state index is 12.0. The van der Waals surface area contributed by atoms with Gasteiger partial charge in [0.1, 0.15) is 6.61 Å². The molecule has 0 heterocycles. The Kier molecular flexibility index (Phi) is 9.53. The lowest BCUT2D eigenvalue weighted by Gasteiger charge is -2.19. The highest BCUT2D eigenvalue weighted by molar-refractivity contribution is 5.91. The van der Waals surface area contributed by atoms with Crippen LogP contribution in [-0.2, 0) is 25.5 Å². The van der Waals surface area contributed by atoms with E-state index in [9.17, 15) is 14.4 Å². The van der Waals surface area contributed by atoms with Crippen LogP contribution >= 0.6 is 0 Å². The molecule has 2 amide bonds. The predicted molar refractivity (Wildman–Crippen MR) is 97.4 cm³/mol. The molecule has 0 unspecified atom stereocenters. The maximum atomic E-state index is 12.0. The largest absolute Gasteiger partial charge is 0.466 e. The van der Waals surface area contributed by atoms with Gasteiger partial charge in [0.2, 0.25) is 0 Å². The summed E-state index contributed by atoms with van der Waals surface area (Å²) in [6.45, 7) is 4.52. The molecule has 0 spiro atoms. The number of esters is 2. The van der Waals surface area contributed by atoms with E-state index in [2.05, 4.69) is 15.4 Å². The van der Waals surface area contributed by atoms with Crippen LogP contribution < -0.4 is 10.6 Å². The molecule has 1 rings (SSSR count). The predicted octanol–water partition coefficient (Wildman–Crippen LogP) is 1.83. The van der Waals surface area contributed by atoms with Crippen LogP contribution in [0.2, 0.25) is 0 Å². The second kappa shape index (κ2) is 11.7. The first-order valence-corrected chi connectivity index (χ1v) is 8.41. The zero-order valence-electron chi connectivity index (χ0n) is 15.4. The Morgan fingerprint density at radius 3 is 2.35 bits per heavy atom. The minimum Gasteiger partial charge on any atom is -0.466 e. The number of nitrogens with one attached hydrogen (secondary N) is 2. The number of hydrogen-bond donors (Lipinski definition) is 2. The van der Waals surface area contributed by atoms with Crippen LogP contribution in [-0.4, -0.2) is 44.3 Å². The molecule has 0 radical (unpaired) electrons. The Morgan fingerprint density at radius 1 is 1.08 bits per heavy atom. The summed E-state index contributed by atoms with van der Waals surface area (Å²) in [7, 11) is 1.22. The highest BCUT2D eigenvalue weighted by atomic mass is 16.5. The summed E-state index contributed by atoms with van der Waals surface area (Å²) in [6, 6.07) is 8.84. The van der Waals surface area contributed by atoms with E-state index in [-0.39, 0.29) is 12.6 Å². The van der Waals surface area contributed by atoms with E-state index in [1.54, 1.807) is 0 Å². The Bertz CT molecular complexity index is 614. The third-order valence-electron chi connectivity index (χ3n) is 3.31. The summed E-state index contributed by atoms with van der Waals surface area (Å²) >= 11 is 0. The van der Waals surface area contributed by atoms with Gasteiger partial charge in [-0.15, -0.1) is 0 Å². The quantitative estimate of drug-likeness (QED) is 0.516. The number of amides is 2. The number of carbonyl (C=O) groups excluding carboxylic acids is 3. The lowest BCUT2D eigenvalue weighted by molar-refractivity contribution is -0.139. The summed E-state index contributed by atoms with van der Waals surface area (Å²) in [5.41, 5.74) is 1.00. The highest BCUT2D eigenvalue weighted by Crippen LogP contribution is 2.04. The average Bonchev–Trinajstić information content (AvgIpc) is 2.63. The molecule has 7 nitrogen and oxygen atoms in total. The van der Waals surface area contributed by atoms with E-state index >= 15 is 0 Å². The van der Waals surface area contributed by atoms with Gasteiger partial charge < -0.3 is 20.1 Å². The van der Waals surface area contributed by atoms with Gasteiger partial charge in [0.05, 0.1) is 13.2 Å². The van der Waals surface area contributed by atoms with E-state index in [0.29, 0.717) is 18.9 Å². The van der Waals surface area contributed by atoms with Gasteiger partial charge in [-0.05, 0) is 17.9 Å². The molecule has 0 bridgehead atoms. The molecule has 142 valence electrons. The fraction of sp³-hybridized carbons (Fsp3) is 0.421. The van der Waals surface area contributed by atoms with Crippen molar-refractivity contribution in [1.29, 1.82) is 0 Å². The van der Waals surface area contributed by atoms with Crippen molar-refractivity contribution in [2.75, 3.05) is 20.3 Å². The number of urea groups is 1. The molecular weight excluding hydrogens is 336 g/mol. The van der Waals surface area contributed by atoms with Gasteiger partial charge in [0.25, 0.3) is 0 Å². The van der Waals surface area contributed by atoms with Crippen LogP contribution in [0.15, 0.2) is 42.5 Å². The smallest absolute Gasteiger partial charge is 0.331 e. The van der Waals surface area contributed by atoms with Gasteiger partial charge in [-0.1, -0.05) is 44.2 Å². The van der Waals surface area contributed by atoms with Crippen molar-refractivity contribution in [3.63, 3.8) is 0 Å². The summed E-state index contributed by atoms with van der Waals surface area (Å²) in [5.74, 6) is -0.999. The van der Waals surface area contributed by atoms with E-state index in [1.165, 1.54) is 7.11 Å². The third-order valence-corrected chi connectivity index (χ3v) is 3.31. The zero-order chi connectivity index (χ0) is 19.4. The van der Waals surface area contributed by atoms with E-state index < -0.39 is 18.0 Å². The molecule has 0 aliphatic carbocycles. The molecule has 2 N–H and O–H groups in total. The Hall–Kier alpha value is -2.83. The van der Waals surface area contributed by atoms with Crippen LogP contribution in [0, 0.1) is 5.92 Å². The molecule has 0 aliphatic heterocycles. The number of methoxy groups -OCH3 is 1. The summed E-state index contributed by atoms with van der Waals surface area (Å²) in [4.78, 5) is 34.7. The summed E-state index contributed by atoms with van der Waals surface area (Å²) in [6.07, 6.45) is 2.48. The van der Waals surface area contributed by atoms with Crippen molar-refractivity contribution >= 4 is 18.0 Å². The van der Waals surface area contributed by atoms with Gasteiger partial charge in [0.15, 0.2) is 0 Å². The van der Waals surface area contributed by atoms with Crippen molar-refractivity contribution in [3.8, 4) is 0 Å². The number of rotatable bonds is 9. The molecule has 0 aromatic heterocycles. The van der Waals surface area contributed by atoms with Crippen LogP contribution in [0.5, 0.6) is 0 Å². The van der Waals surface area contributed by atoms with Crippen molar-refractivity contribution in [2.24, 2.45) is 5.92 Å². The van der Waals surface area contributed by atoms with Gasteiger partial charge >= 0.3 is 18.0 Å². The van der Waals surface area contributed by atoms with Gasteiger partial charge in [0, 0.05) is 18.7 Å². The van der Waals surface area contributed by atoms with Gasteiger partial charge in [-0.3, -0.25) is 0 Å². The number of ether oxygens (including phenoxy) is 2. The fourth-order valence-electron chi connectivity index (χ4n) is 2.02. The van der Waals surface area contributed by atoms with E-state index in [0.717, 1.165) is 17.7 Å². The minimum absolute atomic E-state index is 0.0195. The summed E-state index contributed by atoms with van der Waals surface area (Å²) < 4.78 is 9.53. The Morgan fingerprint density at radius 2 is 1.73 bits per heavy atom. The van der Waals surface area contributed by atoms with Crippen LogP contribution in [0.1, 0.15) is 19.4 Å². The average molecular weight is 362 g/mol. The second-order valence-electron chi connectivity index (χ2n) is 6.12. The molecule has 0 fully saturated rings. The maximum Gasteiger partial charge on any atom is 0.331 e. The second-order valence-corrected chi connectivity index (χ2v) is 6.12. The number of carbonyl (C=O) groups is 3. The van der Waals surface area contributed by atoms with Crippen LogP contribution in [0.3, 0.4) is 0 Å². The fourth-order valence-corrected chi connectivity index (χ4v) is 2.02. The SMILES string of the molecule is COC(=O)/C=C/C(=O)OC[C@@H](Cc1ccccc1)NC(=O)NCC(C)C. The molecule has 1 aromatic carbocycles. The topological polar surface area (TPSA) is 93.7 Å². The Balaban J connectivity index is 2.62. The highest BCUT2D eigenvalue weighted by Gasteiger charge is 2.15. The third kappa shape index (κ3) is 9.46. The lowest BCUT2D eigenvalue weighted by atomic mass is 10.1. The van der Waals surface area contributed by atoms with Crippen molar-refractivity contribution in [3.05, 3.63) is 48.0 Å². The molecule has 26 heavy (non-hydrogen) atoms. The normalized spacial score (nSPS) is 11.8. The number of hydrogen-bond acceptors (Lipinski definition) is 5. The molecule has 7 heteroatoms. The van der Waals surface area contributed by atoms with Crippen LogP contribution in [0.25, 0.3) is 0 Å². The van der Waals surface area contributed by atoms with Crippen LogP contribution in [0.4, 0.5) is 4.79 Å². The molecular formula is C19H26N2O5. The van der Waals surface area contributed by atoms with Gasteiger partial charge in [-0.25, -0.2) is 14.4 Å². The molecule has 0 saturated carbocycles. The molecule has 1 aromatic rings.